The Balaban J connectivity index is 1.77. The number of hydrogen-bond acceptors (Lipinski definition) is 6. The van der Waals surface area contributed by atoms with Crippen LogP contribution in [0.4, 0.5) is 0 Å². The van der Waals surface area contributed by atoms with Gasteiger partial charge in [0.05, 0.1) is 13.2 Å². The second-order valence-corrected chi connectivity index (χ2v) is 11.4. The van der Waals surface area contributed by atoms with E-state index in [0.717, 1.165) is 22.3 Å². The SMILES string of the molecule is COc1ccc([C@@H](C)N[S@@+]([O-])C(C)(C)C)cc1-c1csc(C(=O)OCc2ccccc2)c1. The second-order valence-electron chi connectivity index (χ2n) is 8.44. The summed E-state index contributed by atoms with van der Waals surface area (Å²) in [4.78, 5) is 13.1. The zero-order chi connectivity index (χ0) is 23.3. The normalized spacial score (nSPS) is 13.4. The summed E-state index contributed by atoms with van der Waals surface area (Å²) < 4.78 is 26.3. The highest BCUT2D eigenvalue weighted by Crippen LogP contribution is 2.35. The van der Waals surface area contributed by atoms with Crippen molar-refractivity contribution in [3.05, 3.63) is 76.0 Å². The van der Waals surface area contributed by atoms with Gasteiger partial charge in [0.15, 0.2) is 0 Å². The predicted molar refractivity (Wildman–Crippen MR) is 131 cm³/mol. The fourth-order valence-corrected chi connectivity index (χ4v) is 4.61. The lowest BCUT2D eigenvalue weighted by Gasteiger charge is -2.26. The van der Waals surface area contributed by atoms with E-state index in [2.05, 4.69) is 4.72 Å². The van der Waals surface area contributed by atoms with Gasteiger partial charge in [-0.25, -0.2) is 4.79 Å². The van der Waals surface area contributed by atoms with E-state index in [1.54, 1.807) is 7.11 Å². The van der Waals surface area contributed by atoms with Crippen LogP contribution in [0.1, 0.15) is 54.5 Å². The van der Waals surface area contributed by atoms with Crippen molar-refractivity contribution in [3.63, 3.8) is 0 Å². The lowest BCUT2D eigenvalue weighted by Crippen LogP contribution is -2.40. The maximum Gasteiger partial charge on any atom is 0.348 e. The molecule has 3 rings (SSSR count). The Morgan fingerprint density at radius 1 is 1.16 bits per heavy atom. The van der Waals surface area contributed by atoms with E-state index in [1.165, 1.54) is 11.3 Å². The minimum atomic E-state index is -1.19. The molecule has 32 heavy (non-hydrogen) atoms. The minimum absolute atomic E-state index is 0.117. The highest BCUT2D eigenvalue weighted by molar-refractivity contribution is 7.90. The summed E-state index contributed by atoms with van der Waals surface area (Å²) >= 11 is 0.154. The van der Waals surface area contributed by atoms with Gasteiger partial charge in [0.1, 0.15) is 22.0 Å². The first-order valence-corrected chi connectivity index (χ1v) is 12.4. The van der Waals surface area contributed by atoms with E-state index in [-0.39, 0.29) is 23.4 Å². The Bertz CT molecular complexity index is 1040. The average Bonchev–Trinajstić information content (AvgIpc) is 3.27. The third-order valence-electron chi connectivity index (χ3n) is 4.89. The first kappa shape index (κ1) is 24.3. The van der Waals surface area contributed by atoms with E-state index in [1.807, 2.05) is 87.7 Å². The van der Waals surface area contributed by atoms with Crippen LogP contribution in [0.15, 0.2) is 60.0 Å². The molecule has 2 aromatic carbocycles. The van der Waals surface area contributed by atoms with Crippen LogP contribution in [-0.2, 0) is 22.7 Å². The average molecular weight is 472 g/mol. The lowest BCUT2D eigenvalue weighted by atomic mass is 10.0. The summed E-state index contributed by atoms with van der Waals surface area (Å²) in [6, 6.07) is 17.2. The smallest absolute Gasteiger partial charge is 0.348 e. The molecule has 0 fully saturated rings. The van der Waals surface area contributed by atoms with Crippen molar-refractivity contribution in [2.45, 2.75) is 45.1 Å². The second kappa shape index (κ2) is 10.5. The maximum atomic E-state index is 12.5. The van der Waals surface area contributed by atoms with Gasteiger partial charge in [0, 0.05) is 16.9 Å². The number of thiophene rings is 1. The van der Waals surface area contributed by atoms with Gasteiger partial charge in [-0.15, -0.1) is 16.1 Å². The molecule has 0 aliphatic carbocycles. The number of hydrogen-bond donors (Lipinski definition) is 1. The summed E-state index contributed by atoms with van der Waals surface area (Å²) in [5.41, 5.74) is 3.68. The fourth-order valence-electron chi connectivity index (χ4n) is 3.00. The molecule has 0 bridgehead atoms. The molecule has 170 valence electrons. The van der Waals surface area contributed by atoms with E-state index < -0.39 is 11.4 Å². The van der Waals surface area contributed by atoms with Crippen LogP contribution in [0.25, 0.3) is 11.1 Å². The standard InChI is InChI=1S/C25H29NO4S2/c1-17(26-32(28)25(2,3)4)19-11-12-22(29-5)21(13-19)20-14-23(31-16-20)24(27)30-15-18-9-7-6-8-10-18/h6-14,16-17,26H,15H2,1-5H3/t17-,32+/m1/s1. The molecule has 3 aromatic rings. The van der Waals surface area contributed by atoms with Crippen molar-refractivity contribution in [1.82, 2.24) is 4.72 Å². The highest BCUT2D eigenvalue weighted by Gasteiger charge is 2.28. The molecule has 0 amide bonds. The van der Waals surface area contributed by atoms with E-state index in [9.17, 15) is 9.35 Å². The first-order valence-electron chi connectivity index (χ1n) is 10.3. The Hall–Kier alpha value is -2.32. The molecule has 0 aliphatic rings. The Kier molecular flexibility index (Phi) is 8.00. The van der Waals surface area contributed by atoms with Crippen molar-refractivity contribution in [2.75, 3.05) is 7.11 Å². The van der Waals surface area contributed by atoms with Crippen molar-refractivity contribution < 1.29 is 18.8 Å². The predicted octanol–water partition coefficient (Wildman–Crippen LogP) is 5.89. The number of benzene rings is 2. The number of carbonyl (C=O) groups is 1. The van der Waals surface area contributed by atoms with Crippen molar-refractivity contribution in [2.24, 2.45) is 0 Å². The van der Waals surface area contributed by atoms with Crippen molar-refractivity contribution in [1.29, 1.82) is 0 Å². The van der Waals surface area contributed by atoms with Gasteiger partial charge in [-0.2, -0.15) is 0 Å². The molecule has 0 unspecified atom stereocenters. The summed E-state index contributed by atoms with van der Waals surface area (Å²) in [5, 5.41) is 1.92. The summed E-state index contributed by atoms with van der Waals surface area (Å²) in [6.45, 7) is 8.03. The number of methoxy groups -OCH3 is 1. The van der Waals surface area contributed by atoms with Crippen LogP contribution in [0.2, 0.25) is 0 Å². The zero-order valence-corrected chi connectivity index (χ0v) is 20.6. The molecule has 0 saturated carbocycles. The highest BCUT2D eigenvalue weighted by atomic mass is 32.2. The first-order chi connectivity index (χ1) is 15.2. The maximum absolute atomic E-state index is 12.5. The summed E-state index contributed by atoms with van der Waals surface area (Å²) in [5.74, 6) is 0.357. The van der Waals surface area contributed by atoms with Gasteiger partial charge >= 0.3 is 5.97 Å². The lowest BCUT2D eigenvalue weighted by molar-refractivity contribution is 0.0478. The van der Waals surface area contributed by atoms with Crippen LogP contribution in [-0.4, -0.2) is 22.4 Å². The van der Waals surface area contributed by atoms with Crippen LogP contribution >= 0.6 is 11.3 Å². The number of esters is 1. The van der Waals surface area contributed by atoms with Crippen LogP contribution < -0.4 is 9.46 Å². The molecule has 1 N–H and O–H groups in total. The van der Waals surface area contributed by atoms with Gasteiger partial charge in [-0.3, -0.25) is 0 Å². The van der Waals surface area contributed by atoms with Gasteiger partial charge in [0.25, 0.3) is 0 Å². The van der Waals surface area contributed by atoms with Crippen LogP contribution in [0.3, 0.4) is 0 Å². The number of nitrogens with one attached hydrogen (secondary N) is 1. The third-order valence-corrected chi connectivity index (χ3v) is 7.48. The number of rotatable bonds is 8. The Labute approximate surface area is 197 Å². The van der Waals surface area contributed by atoms with Gasteiger partial charge in [-0.1, -0.05) is 36.4 Å². The van der Waals surface area contributed by atoms with Gasteiger partial charge in [0.2, 0.25) is 0 Å². The van der Waals surface area contributed by atoms with Crippen LogP contribution in [0.5, 0.6) is 5.75 Å². The Morgan fingerprint density at radius 2 is 1.88 bits per heavy atom. The van der Waals surface area contributed by atoms with Gasteiger partial charge in [-0.05, 0) is 68.0 Å². The molecule has 0 saturated heterocycles. The molecule has 0 radical (unpaired) electrons. The fraction of sp³-hybridized carbons (Fsp3) is 0.320. The minimum Gasteiger partial charge on any atom is -0.598 e. The molecule has 0 spiro atoms. The molecule has 5 nitrogen and oxygen atoms in total. The molecule has 7 heteroatoms. The summed E-state index contributed by atoms with van der Waals surface area (Å²) in [6.07, 6.45) is 0. The largest absolute Gasteiger partial charge is 0.598 e. The number of carbonyl (C=O) groups excluding carboxylic acids is 1. The van der Waals surface area contributed by atoms with Crippen molar-refractivity contribution in [3.8, 4) is 16.9 Å². The topological polar surface area (TPSA) is 70.6 Å². The summed E-state index contributed by atoms with van der Waals surface area (Å²) in [7, 11) is 1.62. The van der Waals surface area contributed by atoms with Gasteiger partial charge < -0.3 is 14.0 Å². The molecule has 0 aliphatic heterocycles. The zero-order valence-electron chi connectivity index (χ0n) is 19.0. The molecular formula is C25H29NO4S2. The van der Waals surface area contributed by atoms with E-state index >= 15 is 0 Å². The van der Waals surface area contributed by atoms with E-state index in [4.69, 9.17) is 9.47 Å². The molecule has 1 heterocycles. The number of ether oxygens (including phenoxy) is 2. The Morgan fingerprint density at radius 3 is 2.53 bits per heavy atom. The molecule has 2 atom stereocenters. The van der Waals surface area contributed by atoms with E-state index in [0.29, 0.717) is 10.6 Å². The van der Waals surface area contributed by atoms with Crippen LogP contribution in [0, 0.1) is 0 Å². The monoisotopic (exact) mass is 471 g/mol. The molecular weight excluding hydrogens is 442 g/mol. The van der Waals surface area contributed by atoms with Crippen molar-refractivity contribution >= 4 is 28.7 Å². The quantitative estimate of drug-likeness (QED) is 0.327. The molecule has 1 aromatic heterocycles. The third kappa shape index (κ3) is 6.13.